The molecule has 0 unspecified atom stereocenters. The molecule has 0 heterocycles. The summed E-state index contributed by atoms with van der Waals surface area (Å²) in [5.74, 6) is 2.50. The highest BCUT2D eigenvalue weighted by molar-refractivity contribution is 6.74. The molecule has 0 spiro atoms. The summed E-state index contributed by atoms with van der Waals surface area (Å²) in [7, 11) is -3.07. The van der Waals surface area contributed by atoms with Gasteiger partial charge in [-0.05, 0) is 105 Å². The minimum atomic E-state index is -1.54. The van der Waals surface area contributed by atoms with Gasteiger partial charge in [-0.2, -0.15) is 0 Å². The van der Waals surface area contributed by atoms with E-state index in [0.717, 1.165) is 17.8 Å². The fourth-order valence-corrected chi connectivity index (χ4v) is 14.3. The van der Waals surface area contributed by atoms with Gasteiger partial charge in [0.2, 0.25) is 0 Å². The fraction of sp³-hybridized carbons (Fsp3) is 1.00. The summed E-state index contributed by atoms with van der Waals surface area (Å²) >= 11 is 0. The lowest BCUT2D eigenvalue weighted by atomic mass is 9.61. The fourth-order valence-electron chi connectivity index (χ4n) is 8.21. The molecule has 2 aliphatic carbocycles. The van der Waals surface area contributed by atoms with Crippen LogP contribution in [0.3, 0.4) is 0 Å². The Hall–Kier alpha value is 0.354. The van der Waals surface area contributed by atoms with Crippen LogP contribution in [0, 0.1) is 23.2 Å². The van der Waals surface area contributed by atoms with E-state index in [4.69, 9.17) is 8.85 Å². The molecule has 4 heteroatoms. The molecule has 34 heavy (non-hydrogen) atoms. The predicted molar refractivity (Wildman–Crippen MR) is 156 cm³/mol. The zero-order valence-electron chi connectivity index (χ0n) is 25.0. The van der Waals surface area contributed by atoms with Crippen molar-refractivity contribution in [3.8, 4) is 0 Å². The van der Waals surface area contributed by atoms with Crippen molar-refractivity contribution >= 4 is 16.6 Å². The van der Waals surface area contributed by atoms with Gasteiger partial charge < -0.3 is 8.85 Å². The first-order valence-electron chi connectivity index (χ1n) is 15.4. The van der Waals surface area contributed by atoms with E-state index in [2.05, 4.69) is 69.2 Å². The molecular weight excluding hydrogens is 449 g/mol. The molecule has 0 aliphatic heterocycles. The summed E-state index contributed by atoms with van der Waals surface area (Å²) < 4.78 is 14.1. The summed E-state index contributed by atoms with van der Waals surface area (Å²) in [6.07, 6.45) is 11.4. The molecule has 2 saturated carbocycles. The molecule has 5 atom stereocenters. The second-order valence-electron chi connectivity index (χ2n) is 13.1. The first kappa shape index (κ1) is 30.6. The second-order valence-corrected chi connectivity index (χ2v) is 22.5. The van der Waals surface area contributed by atoms with Crippen LogP contribution in [-0.2, 0) is 8.85 Å². The largest absolute Gasteiger partial charge is 0.414 e. The Kier molecular flexibility index (Phi) is 11.5. The van der Waals surface area contributed by atoms with Crippen LogP contribution >= 0.6 is 0 Å². The Morgan fingerprint density at radius 3 is 1.94 bits per heavy atom. The van der Waals surface area contributed by atoms with Gasteiger partial charge in [0, 0.05) is 6.10 Å². The quantitative estimate of drug-likeness (QED) is 0.204. The average Bonchev–Trinajstić information content (AvgIpc) is 3.19. The van der Waals surface area contributed by atoms with E-state index in [9.17, 15) is 0 Å². The highest BCUT2D eigenvalue weighted by atomic mass is 28.4. The number of fused-ring (bicyclic) bond motifs is 1. The molecule has 0 bridgehead atoms. The molecule has 0 radical (unpaired) electrons. The van der Waals surface area contributed by atoms with Crippen molar-refractivity contribution in [1.82, 2.24) is 0 Å². The normalized spacial score (nSPS) is 29.3. The topological polar surface area (TPSA) is 18.5 Å². The Labute approximate surface area is 217 Å². The Bertz CT molecular complexity index is 582. The van der Waals surface area contributed by atoms with Crippen molar-refractivity contribution < 1.29 is 8.85 Å². The van der Waals surface area contributed by atoms with Crippen LogP contribution in [0.4, 0.5) is 0 Å². The predicted octanol–water partition coefficient (Wildman–Crippen LogP) is 10.2. The lowest BCUT2D eigenvalue weighted by Crippen LogP contribution is -2.48. The summed E-state index contributed by atoms with van der Waals surface area (Å²) in [5.41, 5.74) is 0.534. The van der Waals surface area contributed by atoms with Gasteiger partial charge in [-0.15, -0.1) is 0 Å². The summed E-state index contributed by atoms with van der Waals surface area (Å²) in [6, 6.07) is 7.62. The SMILES string of the molecule is CC[Si](CC)(CC)O[C@H]1CCC[C@]2(C)[C@@H]([C@H](C)CCCC(C)(C)O[Si](CC)(CC)CC)CC[C@@H]12. The number of hydrogen-bond donors (Lipinski definition) is 0. The van der Waals surface area contributed by atoms with Crippen molar-refractivity contribution in [2.75, 3.05) is 0 Å². The van der Waals surface area contributed by atoms with Crippen molar-refractivity contribution in [2.24, 2.45) is 23.2 Å². The van der Waals surface area contributed by atoms with Gasteiger partial charge in [-0.1, -0.05) is 74.7 Å². The van der Waals surface area contributed by atoms with Gasteiger partial charge in [0.25, 0.3) is 0 Å². The first-order chi connectivity index (χ1) is 16.0. The number of hydrogen-bond acceptors (Lipinski definition) is 2. The lowest BCUT2D eigenvalue weighted by molar-refractivity contribution is -0.0208. The maximum atomic E-state index is 7.16. The molecule has 2 rings (SSSR count). The van der Waals surface area contributed by atoms with E-state index in [1.807, 2.05) is 0 Å². The van der Waals surface area contributed by atoms with E-state index in [1.54, 1.807) is 0 Å². The van der Waals surface area contributed by atoms with E-state index in [1.165, 1.54) is 87.6 Å². The van der Waals surface area contributed by atoms with Gasteiger partial charge in [-0.3, -0.25) is 0 Å². The minimum Gasteiger partial charge on any atom is -0.414 e. The highest BCUT2D eigenvalue weighted by Crippen LogP contribution is 2.59. The Morgan fingerprint density at radius 2 is 1.41 bits per heavy atom. The van der Waals surface area contributed by atoms with Crippen molar-refractivity contribution in [2.45, 2.75) is 169 Å². The Balaban J connectivity index is 1.98. The summed E-state index contributed by atoms with van der Waals surface area (Å²) in [6.45, 7) is 24.2. The van der Waals surface area contributed by atoms with E-state index in [0.29, 0.717) is 11.5 Å². The molecule has 0 N–H and O–H groups in total. The maximum absolute atomic E-state index is 7.16. The smallest absolute Gasteiger partial charge is 0.192 e. The van der Waals surface area contributed by atoms with Crippen LogP contribution in [0.1, 0.15) is 121 Å². The molecule has 2 fully saturated rings. The maximum Gasteiger partial charge on any atom is 0.192 e. The average molecular weight is 511 g/mol. The van der Waals surface area contributed by atoms with Gasteiger partial charge in [0.15, 0.2) is 16.6 Å². The van der Waals surface area contributed by atoms with Crippen LogP contribution in [0.15, 0.2) is 0 Å². The van der Waals surface area contributed by atoms with Crippen LogP contribution < -0.4 is 0 Å². The van der Waals surface area contributed by atoms with E-state index in [-0.39, 0.29) is 5.60 Å². The third kappa shape index (κ3) is 6.81. The second kappa shape index (κ2) is 12.7. The third-order valence-corrected chi connectivity index (χ3v) is 20.5. The molecular formula is C30H62O2Si2. The van der Waals surface area contributed by atoms with Crippen LogP contribution in [0.25, 0.3) is 0 Å². The molecule has 0 amide bonds. The molecule has 2 nitrogen and oxygen atoms in total. The first-order valence-corrected chi connectivity index (χ1v) is 20.4. The van der Waals surface area contributed by atoms with Gasteiger partial charge in [0.1, 0.15) is 0 Å². The van der Waals surface area contributed by atoms with E-state index >= 15 is 0 Å². The summed E-state index contributed by atoms with van der Waals surface area (Å²) in [4.78, 5) is 0. The molecule has 202 valence electrons. The molecule has 0 aromatic rings. The minimum absolute atomic E-state index is 0.0360. The summed E-state index contributed by atoms with van der Waals surface area (Å²) in [5, 5.41) is 0. The number of rotatable bonds is 15. The zero-order valence-corrected chi connectivity index (χ0v) is 27.0. The van der Waals surface area contributed by atoms with Crippen LogP contribution in [-0.4, -0.2) is 28.3 Å². The van der Waals surface area contributed by atoms with Gasteiger partial charge >= 0.3 is 0 Å². The molecule has 0 aromatic carbocycles. The molecule has 2 aliphatic rings. The molecule has 0 aromatic heterocycles. The van der Waals surface area contributed by atoms with Crippen molar-refractivity contribution in [1.29, 1.82) is 0 Å². The lowest BCUT2D eigenvalue weighted by Gasteiger charge is -2.49. The highest BCUT2D eigenvalue weighted by Gasteiger charge is 2.53. The van der Waals surface area contributed by atoms with Crippen molar-refractivity contribution in [3.05, 3.63) is 0 Å². The molecule has 0 saturated heterocycles. The van der Waals surface area contributed by atoms with Crippen LogP contribution in [0.2, 0.25) is 36.3 Å². The van der Waals surface area contributed by atoms with Gasteiger partial charge in [0.05, 0.1) is 5.60 Å². The monoisotopic (exact) mass is 510 g/mol. The van der Waals surface area contributed by atoms with E-state index < -0.39 is 16.6 Å². The Morgan fingerprint density at radius 1 is 0.853 bits per heavy atom. The van der Waals surface area contributed by atoms with Gasteiger partial charge in [-0.25, -0.2) is 0 Å². The van der Waals surface area contributed by atoms with Crippen LogP contribution in [0.5, 0.6) is 0 Å². The standard InChI is InChI=1S/C30H62O2Si2/c1-11-33(12-2,13-3)31-28-20-18-24-30(10)26(21-22-27(28)30)25(7)19-17-23-29(8,9)32-34(14-4,15-5)16-6/h25-28H,11-24H2,1-10H3/t25-,26-,27+,28+,30-/m1/s1. The van der Waals surface area contributed by atoms with Crippen molar-refractivity contribution in [3.63, 3.8) is 0 Å². The third-order valence-electron chi connectivity index (χ3n) is 11.0. The zero-order chi connectivity index (χ0) is 25.6.